The van der Waals surface area contributed by atoms with Gasteiger partial charge in [-0.05, 0) is 18.4 Å². The van der Waals surface area contributed by atoms with Gasteiger partial charge in [-0.3, -0.25) is 9.59 Å². The quantitative estimate of drug-likeness (QED) is 0.578. The minimum Gasteiger partial charge on any atom is -0.332 e. The highest BCUT2D eigenvalue weighted by Crippen LogP contribution is 2.34. The first kappa shape index (κ1) is 10.7. The highest BCUT2D eigenvalue weighted by molar-refractivity contribution is 5.75. The second-order valence-electron chi connectivity index (χ2n) is 4.01. The zero-order valence-electron chi connectivity index (χ0n) is 9.12. The lowest BCUT2D eigenvalue weighted by Crippen LogP contribution is -2.53. The molecular weight excluding hydrogens is 204 g/mol. The fourth-order valence-electron chi connectivity index (χ4n) is 2.33. The second kappa shape index (κ2) is 3.96. The molecular formula is C12H14N2O2. The predicted octanol–water partition coefficient (Wildman–Crippen LogP) is 0.668. The number of carbonyl (C=O) groups is 2. The average Bonchev–Trinajstić information content (AvgIpc) is 2.58. The number of carbonyl (C=O) groups excluding carboxylic acids is 2. The van der Waals surface area contributed by atoms with E-state index in [1.807, 2.05) is 24.3 Å². The Labute approximate surface area is 94.0 Å². The number of hydrogen-bond acceptors (Lipinski definition) is 2. The summed E-state index contributed by atoms with van der Waals surface area (Å²) in [6, 6.07) is 7.83. The van der Waals surface area contributed by atoms with Gasteiger partial charge in [-0.2, -0.15) is 0 Å². The normalized spacial score (nSPS) is 22.3. The van der Waals surface area contributed by atoms with Crippen LogP contribution in [0.1, 0.15) is 24.5 Å². The molecule has 0 spiro atoms. The second-order valence-corrected chi connectivity index (χ2v) is 4.01. The lowest BCUT2D eigenvalue weighted by molar-refractivity contribution is -0.122. The van der Waals surface area contributed by atoms with Crippen LogP contribution in [0.2, 0.25) is 0 Å². The van der Waals surface area contributed by atoms with E-state index < -0.39 is 5.66 Å². The Morgan fingerprint density at radius 3 is 2.88 bits per heavy atom. The molecule has 2 rings (SSSR count). The SMILES string of the molecule is CC(=O)N[C@@]1(NC=O)CCc2ccccc21. The number of amides is 2. The molecule has 4 nitrogen and oxygen atoms in total. The van der Waals surface area contributed by atoms with E-state index in [-0.39, 0.29) is 5.91 Å². The van der Waals surface area contributed by atoms with E-state index >= 15 is 0 Å². The third-order valence-corrected chi connectivity index (χ3v) is 2.94. The van der Waals surface area contributed by atoms with Crippen LogP contribution in [0.3, 0.4) is 0 Å². The van der Waals surface area contributed by atoms with Gasteiger partial charge in [0.05, 0.1) is 0 Å². The van der Waals surface area contributed by atoms with E-state index in [2.05, 4.69) is 10.6 Å². The van der Waals surface area contributed by atoms with Crippen LogP contribution in [0.25, 0.3) is 0 Å². The topological polar surface area (TPSA) is 58.2 Å². The molecule has 0 radical (unpaired) electrons. The molecule has 0 aromatic heterocycles. The lowest BCUT2D eigenvalue weighted by atomic mass is 10.0. The minimum atomic E-state index is -0.718. The molecule has 0 heterocycles. The van der Waals surface area contributed by atoms with Crippen molar-refractivity contribution in [2.24, 2.45) is 0 Å². The summed E-state index contributed by atoms with van der Waals surface area (Å²) in [6.07, 6.45) is 2.19. The molecule has 0 bridgehead atoms. The van der Waals surface area contributed by atoms with E-state index in [0.29, 0.717) is 12.8 Å². The molecule has 2 amide bonds. The third-order valence-electron chi connectivity index (χ3n) is 2.94. The number of nitrogens with one attached hydrogen (secondary N) is 2. The zero-order valence-corrected chi connectivity index (χ0v) is 9.12. The summed E-state index contributed by atoms with van der Waals surface area (Å²) >= 11 is 0. The zero-order chi connectivity index (χ0) is 11.6. The van der Waals surface area contributed by atoms with Crippen molar-refractivity contribution < 1.29 is 9.59 Å². The van der Waals surface area contributed by atoms with Gasteiger partial charge in [0.2, 0.25) is 12.3 Å². The van der Waals surface area contributed by atoms with E-state index in [4.69, 9.17) is 0 Å². The van der Waals surface area contributed by atoms with Crippen LogP contribution in [0.5, 0.6) is 0 Å². The Morgan fingerprint density at radius 2 is 2.19 bits per heavy atom. The van der Waals surface area contributed by atoms with Crippen molar-refractivity contribution in [3.05, 3.63) is 35.4 Å². The molecule has 1 aromatic rings. The van der Waals surface area contributed by atoms with Crippen LogP contribution < -0.4 is 10.6 Å². The maximum Gasteiger partial charge on any atom is 0.218 e. The first-order valence-electron chi connectivity index (χ1n) is 5.26. The van der Waals surface area contributed by atoms with E-state index in [1.54, 1.807) is 0 Å². The van der Waals surface area contributed by atoms with Gasteiger partial charge in [-0.1, -0.05) is 24.3 Å². The third kappa shape index (κ3) is 1.66. The molecule has 0 saturated carbocycles. The standard InChI is InChI=1S/C12H14N2O2/c1-9(16)14-12(13-8-15)7-6-10-4-2-3-5-11(10)12/h2-5,8H,6-7H2,1H3,(H,13,15)(H,14,16)/t12-/m0/s1. The maximum atomic E-state index is 11.2. The Hall–Kier alpha value is -1.84. The molecule has 0 fully saturated rings. The van der Waals surface area contributed by atoms with Gasteiger partial charge in [0, 0.05) is 12.5 Å². The number of hydrogen-bond donors (Lipinski definition) is 2. The van der Waals surface area contributed by atoms with Crippen LogP contribution in [0.15, 0.2) is 24.3 Å². The van der Waals surface area contributed by atoms with Crippen molar-refractivity contribution >= 4 is 12.3 Å². The first-order chi connectivity index (χ1) is 7.68. The maximum absolute atomic E-state index is 11.2. The van der Waals surface area contributed by atoms with Crippen LogP contribution in [-0.4, -0.2) is 12.3 Å². The van der Waals surface area contributed by atoms with Crippen LogP contribution in [0.4, 0.5) is 0 Å². The first-order valence-corrected chi connectivity index (χ1v) is 5.26. The Kier molecular flexibility index (Phi) is 2.64. The molecule has 0 aliphatic heterocycles. The summed E-state index contributed by atoms with van der Waals surface area (Å²) < 4.78 is 0. The molecule has 16 heavy (non-hydrogen) atoms. The molecule has 1 aliphatic carbocycles. The molecule has 4 heteroatoms. The highest BCUT2D eigenvalue weighted by Gasteiger charge is 2.38. The lowest BCUT2D eigenvalue weighted by Gasteiger charge is -2.30. The molecule has 0 saturated heterocycles. The molecule has 84 valence electrons. The predicted molar refractivity (Wildman–Crippen MR) is 59.5 cm³/mol. The van der Waals surface area contributed by atoms with E-state index in [0.717, 1.165) is 12.0 Å². The van der Waals surface area contributed by atoms with Gasteiger partial charge >= 0.3 is 0 Å². The van der Waals surface area contributed by atoms with Gasteiger partial charge in [0.25, 0.3) is 0 Å². The Balaban J connectivity index is 2.42. The fourth-order valence-corrected chi connectivity index (χ4v) is 2.33. The molecule has 2 N–H and O–H groups in total. The summed E-state index contributed by atoms with van der Waals surface area (Å²) in [4.78, 5) is 21.9. The van der Waals surface area contributed by atoms with Gasteiger partial charge in [-0.25, -0.2) is 0 Å². The van der Waals surface area contributed by atoms with Crippen molar-refractivity contribution in [2.75, 3.05) is 0 Å². The van der Waals surface area contributed by atoms with Gasteiger partial charge in [0.1, 0.15) is 5.66 Å². The summed E-state index contributed by atoms with van der Waals surface area (Å²) in [7, 11) is 0. The number of benzene rings is 1. The van der Waals surface area contributed by atoms with Gasteiger partial charge in [-0.15, -0.1) is 0 Å². The van der Waals surface area contributed by atoms with Crippen LogP contribution >= 0.6 is 0 Å². The molecule has 1 aromatic carbocycles. The summed E-state index contributed by atoms with van der Waals surface area (Å²) in [6.45, 7) is 1.45. The van der Waals surface area contributed by atoms with Gasteiger partial charge < -0.3 is 10.6 Å². The van der Waals surface area contributed by atoms with E-state index in [9.17, 15) is 9.59 Å². The summed E-state index contributed by atoms with van der Waals surface area (Å²) in [5, 5.41) is 5.56. The van der Waals surface area contributed by atoms with Crippen LogP contribution in [0, 0.1) is 0 Å². The van der Waals surface area contributed by atoms with Crippen molar-refractivity contribution in [2.45, 2.75) is 25.4 Å². The minimum absolute atomic E-state index is 0.147. The number of rotatable bonds is 3. The van der Waals surface area contributed by atoms with E-state index in [1.165, 1.54) is 12.5 Å². The van der Waals surface area contributed by atoms with Crippen molar-refractivity contribution in [1.29, 1.82) is 0 Å². The molecule has 0 unspecified atom stereocenters. The monoisotopic (exact) mass is 218 g/mol. The summed E-state index contributed by atoms with van der Waals surface area (Å²) in [5.74, 6) is -0.147. The molecule has 1 atom stereocenters. The Morgan fingerprint density at radius 1 is 1.44 bits per heavy atom. The highest BCUT2D eigenvalue weighted by atomic mass is 16.2. The smallest absolute Gasteiger partial charge is 0.218 e. The Bertz CT molecular complexity index is 431. The van der Waals surface area contributed by atoms with Gasteiger partial charge in [0.15, 0.2) is 0 Å². The molecule has 1 aliphatic rings. The van der Waals surface area contributed by atoms with Crippen molar-refractivity contribution in [1.82, 2.24) is 10.6 Å². The average molecular weight is 218 g/mol. The van der Waals surface area contributed by atoms with Crippen LogP contribution in [-0.2, 0) is 21.7 Å². The number of aryl methyl sites for hydroxylation is 1. The van der Waals surface area contributed by atoms with Crippen molar-refractivity contribution in [3.63, 3.8) is 0 Å². The fraction of sp³-hybridized carbons (Fsp3) is 0.333. The largest absolute Gasteiger partial charge is 0.332 e. The van der Waals surface area contributed by atoms with Crippen molar-refractivity contribution in [3.8, 4) is 0 Å². The number of fused-ring (bicyclic) bond motifs is 1. The summed E-state index contributed by atoms with van der Waals surface area (Å²) in [5.41, 5.74) is 1.44.